The minimum Gasteiger partial charge on any atom is -0.396 e. The van der Waals surface area contributed by atoms with Crippen LogP contribution in [0, 0.1) is 5.41 Å². The molecule has 2 rings (SSSR count). The second kappa shape index (κ2) is 6.01. The Kier molecular flexibility index (Phi) is 4.58. The molecule has 1 atom stereocenters. The highest BCUT2D eigenvalue weighted by molar-refractivity contribution is 6.00. The first-order chi connectivity index (χ1) is 9.08. The highest BCUT2D eigenvalue weighted by Gasteiger charge is 2.35. The Morgan fingerprint density at radius 1 is 1.32 bits per heavy atom. The number of likely N-dealkylation sites (N-methyl/N-ethyl adjacent to an activating group) is 1. The summed E-state index contributed by atoms with van der Waals surface area (Å²) in [6.45, 7) is 0.845. The largest absolute Gasteiger partial charge is 0.396 e. The van der Waals surface area contributed by atoms with Crippen LogP contribution in [0.2, 0.25) is 0 Å². The number of aliphatic hydroxyl groups is 1. The fourth-order valence-corrected chi connectivity index (χ4v) is 3.14. The summed E-state index contributed by atoms with van der Waals surface area (Å²) in [5.41, 5.74) is -0.0709. The lowest BCUT2D eigenvalue weighted by atomic mass is 9.74. The zero-order valence-corrected chi connectivity index (χ0v) is 11.7. The summed E-state index contributed by atoms with van der Waals surface area (Å²) in [6.07, 6.45) is 6.58. The molecular formula is C14H24N2O3. The Morgan fingerprint density at radius 3 is 2.63 bits per heavy atom. The second-order valence-electron chi connectivity index (χ2n) is 5.98. The number of nitrogens with zero attached hydrogens (tertiary/aromatic N) is 1. The number of piperidine rings is 1. The van der Waals surface area contributed by atoms with Crippen molar-refractivity contribution in [1.82, 2.24) is 10.2 Å². The zero-order chi connectivity index (χ0) is 13.9. The summed E-state index contributed by atoms with van der Waals surface area (Å²) in [5.74, 6) is -0.238. The van der Waals surface area contributed by atoms with E-state index in [1.165, 1.54) is 11.3 Å². The van der Waals surface area contributed by atoms with E-state index in [1.54, 1.807) is 7.05 Å². The molecule has 0 aromatic heterocycles. The van der Waals surface area contributed by atoms with Crippen molar-refractivity contribution >= 4 is 11.8 Å². The number of amides is 2. The van der Waals surface area contributed by atoms with E-state index >= 15 is 0 Å². The minimum atomic E-state index is -0.270. The van der Waals surface area contributed by atoms with E-state index in [0.717, 1.165) is 25.7 Å². The number of hydrogen-bond acceptors (Lipinski definition) is 4. The van der Waals surface area contributed by atoms with Crippen molar-refractivity contribution in [3.05, 3.63) is 0 Å². The molecule has 1 unspecified atom stereocenters. The molecule has 2 amide bonds. The quantitative estimate of drug-likeness (QED) is 0.735. The van der Waals surface area contributed by atoms with Gasteiger partial charge in [-0.3, -0.25) is 14.5 Å². The van der Waals surface area contributed by atoms with Gasteiger partial charge in [0.2, 0.25) is 11.8 Å². The fourth-order valence-electron chi connectivity index (χ4n) is 3.14. The van der Waals surface area contributed by atoms with Gasteiger partial charge in [-0.2, -0.15) is 0 Å². The summed E-state index contributed by atoms with van der Waals surface area (Å²) < 4.78 is 0. The molecule has 5 nitrogen and oxygen atoms in total. The zero-order valence-electron chi connectivity index (χ0n) is 11.7. The van der Waals surface area contributed by atoms with Crippen LogP contribution in [-0.4, -0.2) is 48.1 Å². The number of carbonyl (C=O) groups is 2. The van der Waals surface area contributed by atoms with Crippen LogP contribution < -0.4 is 5.32 Å². The van der Waals surface area contributed by atoms with Crippen molar-refractivity contribution in [2.45, 2.75) is 51.0 Å². The van der Waals surface area contributed by atoms with Gasteiger partial charge < -0.3 is 10.4 Å². The smallest absolute Gasteiger partial charge is 0.246 e. The first kappa shape index (κ1) is 14.5. The molecule has 1 aliphatic carbocycles. The van der Waals surface area contributed by atoms with E-state index in [1.807, 2.05) is 0 Å². The van der Waals surface area contributed by atoms with E-state index in [4.69, 9.17) is 0 Å². The average molecular weight is 268 g/mol. The van der Waals surface area contributed by atoms with E-state index in [9.17, 15) is 14.7 Å². The van der Waals surface area contributed by atoms with Gasteiger partial charge in [-0.15, -0.1) is 0 Å². The molecule has 0 aromatic rings. The van der Waals surface area contributed by atoms with Crippen LogP contribution in [0.1, 0.15) is 44.9 Å². The molecule has 1 heterocycles. The Hall–Kier alpha value is -0.940. The first-order valence-corrected chi connectivity index (χ1v) is 7.23. The average Bonchev–Trinajstić information content (AvgIpc) is 2.45. The summed E-state index contributed by atoms with van der Waals surface area (Å²) in [6, 6.07) is -0.270. The predicted octanol–water partition coefficient (Wildman–Crippen LogP) is 0.666. The Balaban J connectivity index is 1.90. The molecule has 5 heteroatoms. The fraction of sp³-hybridized carbons (Fsp3) is 0.857. The maximum Gasteiger partial charge on any atom is 0.246 e. The molecule has 2 aliphatic rings. The number of likely N-dealkylation sites (tertiary alicyclic amines) is 1. The molecular weight excluding hydrogens is 244 g/mol. The van der Waals surface area contributed by atoms with Crippen LogP contribution >= 0.6 is 0 Å². The molecule has 1 saturated carbocycles. The molecule has 1 saturated heterocycles. The Labute approximate surface area is 114 Å². The van der Waals surface area contributed by atoms with Crippen LogP contribution in [0.5, 0.6) is 0 Å². The molecule has 0 aromatic carbocycles. The van der Waals surface area contributed by atoms with Gasteiger partial charge in [0.15, 0.2) is 0 Å². The normalized spacial score (nSPS) is 27.7. The third kappa shape index (κ3) is 3.15. The number of rotatable bonds is 4. The van der Waals surface area contributed by atoms with Crippen molar-refractivity contribution < 1.29 is 14.7 Å². The van der Waals surface area contributed by atoms with Crippen LogP contribution in [0.25, 0.3) is 0 Å². The number of aliphatic hydroxyl groups excluding tert-OH is 1. The van der Waals surface area contributed by atoms with Crippen molar-refractivity contribution in [3.8, 4) is 0 Å². The van der Waals surface area contributed by atoms with Gasteiger partial charge in [-0.1, -0.05) is 19.3 Å². The van der Waals surface area contributed by atoms with Gasteiger partial charge in [0, 0.05) is 32.0 Å². The SMILES string of the molecule is CN1C(=O)CCC(NCC2(CO)CCCCC2)C1=O. The molecule has 1 aliphatic heterocycles. The lowest BCUT2D eigenvalue weighted by Gasteiger charge is -2.38. The van der Waals surface area contributed by atoms with E-state index in [0.29, 0.717) is 19.4 Å². The lowest BCUT2D eigenvalue weighted by molar-refractivity contribution is -0.148. The van der Waals surface area contributed by atoms with Gasteiger partial charge in [0.05, 0.1) is 6.04 Å². The number of nitrogens with one attached hydrogen (secondary N) is 1. The van der Waals surface area contributed by atoms with Crippen LogP contribution in [0.4, 0.5) is 0 Å². The van der Waals surface area contributed by atoms with E-state index < -0.39 is 0 Å². The number of imide groups is 1. The van der Waals surface area contributed by atoms with Gasteiger partial charge in [0.25, 0.3) is 0 Å². The number of carbonyl (C=O) groups excluding carboxylic acids is 2. The van der Waals surface area contributed by atoms with E-state index in [2.05, 4.69) is 5.32 Å². The lowest BCUT2D eigenvalue weighted by Crippen LogP contribution is -2.54. The first-order valence-electron chi connectivity index (χ1n) is 7.23. The van der Waals surface area contributed by atoms with E-state index in [-0.39, 0.29) is 29.9 Å². The highest BCUT2D eigenvalue weighted by Crippen LogP contribution is 2.35. The van der Waals surface area contributed by atoms with Crippen molar-refractivity contribution in [2.75, 3.05) is 20.2 Å². The maximum atomic E-state index is 12.0. The van der Waals surface area contributed by atoms with Crippen LogP contribution in [-0.2, 0) is 9.59 Å². The molecule has 2 N–H and O–H groups in total. The summed E-state index contributed by atoms with van der Waals surface area (Å²) >= 11 is 0. The van der Waals surface area contributed by atoms with Gasteiger partial charge in [-0.25, -0.2) is 0 Å². The van der Waals surface area contributed by atoms with Crippen LogP contribution in [0.15, 0.2) is 0 Å². The third-order valence-corrected chi connectivity index (χ3v) is 4.62. The van der Waals surface area contributed by atoms with Crippen molar-refractivity contribution in [1.29, 1.82) is 0 Å². The highest BCUT2D eigenvalue weighted by atomic mass is 16.3. The molecule has 2 fully saturated rings. The minimum absolute atomic E-state index is 0.0709. The summed E-state index contributed by atoms with van der Waals surface area (Å²) in [7, 11) is 1.54. The monoisotopic (exact) mass is 268 g/mol. The maximum absolute atomic E-state index is 12.0. The molecule has 108 valence electrons. The topological polar surface area (TPSA) is 69.6 Å². The predicted molar refractivity (Wildman–Crippen MR) is 71.4 cm³/mol. The number of hydrogen-bond donors (Lipinski definition) is 2. The van der Waals surface area contributed by atoms with Gasteiger partial charge >= 0.3 is 0 Å². The van der Waals surface area contributed by atoms with Gasteiger partial charge in [0.1, 0.15) is 0 Å². The molecule has 19 heavy (non-hydrogen) atoms. The van der Waals surface area contributed by atoms with Crippen molar-refractivity contribution in [3.63, 3.8) is 0 Å². The van der Waals surface area contributed by atoms with Crippen molar-refractivity contribution in [2.24, 2.45) is 5.41 Å². The Morgan fingerprint density at radius 2 is 2.00 bits per heavy atom. The summed E-state index contributed by atoms with van der Waals surface area (Å²) in [4.78, 5) is 24.6. The summed E-state index contributed by atoms with van der Waals surface area (Å²) in [5, 5.41) is 12.9. The standard InChI is InChI=1S/C14H24N2O3/c1-16-12(18)6-5-11(13(16)19)15-9-14(10-17)7-3-2-4-8-14/h11,15,17H,2-10H2,1H3. The second-order valence-corrected chi connectivity index (χ2v) is 5.98. The Bertz CT molecular complexity index is 351. The van der Waals surface area contributed by atoms with Crippen LogP contribution in [0.3, 0.4) is 0 Å². The molecule has 0 bridgehead atoms. The third-order valence-electron chi connectivity index (χ3n) is 4.62. The molecule has 0 spiro atoms. The molecule has 0 radical (unpaired) electrons. The van der Waals surface area contributed by atoms with Gasteiger partial charge in [-0.05, 0) is 19.3 Å².